The van der Waals surface area contributed by atoms with Crippen molar-refractivity contribution in [2.45, 2.75) is 0 Å². The van der Waals surface area contributed by atoms with Crippen molar-refractivity contribution in [3.63, 3.8) is 0 Å². The second-order valence-electron chi connectivity index (χ2n) is 6.98. The molecule has 4 aromatic rings. The third kappa shape index (κ3) is 5.71. The zero-order chi connectivity index (χ0) is 23.0. The molecule has 8 heteroatoms. The highest BCUT2D eigenvalue weighted by Gasteiger charge is 2.10. The largest absolute Gasteiger partial charge is 0.484 e. The van der Waals surface area contributed by atoms with Gasteiger partial charge in [-0.1, -0.05) is 54.6 Å². The number of ether oxygens (including phenoxy) is 1. The number of carbonyl (C=O) groups is 1. The highest BCUT2D eigenvalue weighted by atomic mass is 16.6. The van der Waals surface area contributed by atoms with Gasteiger partial charge in [-0.25, -0.2) is 5.43 Å². The van der Waals surface area contributed by atoms with E-state index in [0.29, 0.717) is 22.8 Å². The molecule has 0 unspecified atom stereocenters. The number of rotatable bonds is 8. The highest BCUT2D eigenvalue weighted by Crippen LogP contribution is 2.25. The molecular formula is C25H19N3O5. The molecule has 0 radical (unpaired) electrons. The Morgan fingerprint density at radius 1 is 0.939 bits per heavy atom. The average molecular weight is 441 g/mol. The predicted molar refractivity (Wildman–Crippen MR) is 124 cm³/mol. The first-order chi connectivity index (χ1) is 16.1. The summed E-state index contributed by atoms with van der Waals surface area (Å²) in [6, 6.07) is 26.8. The summed E-state index contributed by atoms with van der Waals surface area (Å²) in [6.07, 6.45) is 1.34. The first kappa shape index (κ1) is 21.5. The summed E-state index contributed by atoms with van der Waals surface area (Å²) in [5.74, 6) is 0.980. The Balaban J connectivity index is 1.27. The molecule has 0 aliphatic rings. The van der Waals surface area contributed by atoms with Crippen LogP contribution in [0.15, 0.2) is 101 Å². The lowest BCUT2D eigenvalue weighted by Crippen LogP contribution is -2.24. The van der Waals surface area contributed by atoms with E-state index in [1.807, 2.05) is 42.5 Å². The normalized spacial score (nSPS) is 10.8. The summed E-state index contributed by atoms with van der Waals surface area (Å²) in [5, 5.41) is 14.8. The van der Waals surface area contributed by atoms with Crippen LogP contribution in [0.5, 0.6) is 5.75 Å². The van der Waals surface area contributed by atoms with E-state index in [1.54, 1.807) is 36.4 Å². The van der Waals surface area contributed by atoms with Gasteiger partial charge in [0.15, 0.2) is 6.61 Å². The maximum Gasteiger partial charge on any atom is 0.277 e. The van der Waals surface area contributed by atoms with Crippen LogP contribution in [0.25, 0.3) is 22.5 Å². The van der Waals surface area contributed by atoms with Crippen LogP contribution < -0.4 is 10.2 Å². The van der Waals surface area contributed by atoms with Crippen LogP contribution in [0.4, 0.5) is 5.69 Å². The number of hydrazone groups is 1. The Labute approximate surface area is 189 Å². The SMILES string of the molecule is O=C(COc1ccc(-c2ccccc2)cc1)NN=Cc1ccc(-c2cccc([N+](=O)[O-])c2)o1. The molecule has 1 N–H and O–H groups in total. The Morgan fingerprint density at radius 2 is 1.67 bits per heavy atom. The number of benzene rings is 3. The van der Waals surface area contributed by atoms with Crippen molar-refractivity contribution in [1.29, 1.82) is 0 Å². The van der Waals surface area contributed by atoms with Gasteiger partial charge in [0.05, 0.1) is 11.1 Å². The Morgan fingerprint density at radius 3 is 2.42 bits per heavy atom. The van der Waals surface area contributed by atoms with Gasteiger partial charge in [-0.2, -0.15) is 5.10 Å². The number of hydrogen-bond donors (Lipinski definition) is 1. The minimum atomic E-state index is -0.468. The molecule has 3 aromatic carbocycles. The Bertz CT molecular complexity index is 1280. The first-order valence-corrected chi connectivity index (χ1v) is 10.0. The molecule has 0 aliphatic heterocycles. The van der Waals surface area contributed by atoms with Gasteiger partial charge in [-0.3, -0.25) is 14.9 Å². The van der Waals surface area contributed by atoms with E-state index < -0.39 is 10.8 Å². The van der Waals surface area contributed by atoms with Crippen molar-refractivity contribution in [2.75, 3.05) is 6.61 Å². The molecule has 0 bridgehead atoms. The number of carbonyl (C=O) groups excluding carboxylic acids is 1. The monoisotopic (exact) mass is 441 g/mol. The van der Waals surface area contributed by atoms with Crippen molar-refractivity contribution >= 4 is 17.8 Å². The molecule has 1 aromatic heterocycles. The first-order valence-electron chi connectivity index (χ1n) is 10.0. The quantitative estimate of drug-likeness (QED) is 0.234. The van der Waals surface area contributed by atoms with E-state index in [4.69, 9.17) is 9.15 Å². The number of nitrogens with one attached hydrogen (secondary N) is 1. The van der Waals surface area contributed by atoms with Crippen LogP contribution in [-0.4, -0.2) is 23.7 Å². The van der Waals surface area contributed by atoms with Crippen LogP contribution in [0.1, 0.15) is 5.76 Å². The van der Waals surface area contributed by atoms with Gasteiger partial charge in [0.25, 0.3) is 11.6 Å². The van der Waals surface area contributed by atoms with Gasteiger partial charge in [0.1, 0.15) is 17.3 Å². The van der Waals surface area contributed by atoms with Crippen molar-refractivity contribution in [3.05, 3.63) is 107 Å². The highest BCUT2D eigenvalue weighted by molar-refractivity contribution is 5.81. The van der Waals surface area contributed by atoms with Crippen LogP contribution in [0.2, 0.25) is 0 Å². The number of nitro groups is 1. The predicted octanol–water partition coefficient (Wildman–Crippen LogP) is 5.05. The fraction of sp³-hybridized carbons (Fsp3) is 0.0400. The summed E-state index contributed by atoms with van der Waals surface area (Å²) in [5.41, 5.74) is 5.07. The second-order valence-corrected chi connectivity index (χ2v) is 6.98. The number of non-ortho nitro benzene ring substituents is 1. The summed E-state index contributed by atoms with van der Waals surface area (Å²) >= 11 is 0. The second kappa shape index (κ2) is 10.1. The third-order valence-corrected chi connectivity index (χ3v) is 4.68. The standard InChI is InChI=1S/C25H19N3O5/c29-25(17-32-22-11-9-19(10-12-22)18-5-2-1-3-6-18)27-26-16-23-13-14-24(33-23)20-7-4-8-21(15-20)28(30)31/h1-16H,17H2,(H,27,29). The van der Waals surface area contributed by atoms with E-state index in [-0.39, 0.29) is 12.3 Å². The number of furan rings is 1. The molecular weight excluding hydrogens is 422 g/mol. The maximum atomic E-state index is 12.0. The summed E-state index contributed by atoms with van der Waals surface area (Å²) < 4.78 is 11.1. The maximum absolute atomic E-state index is 12.0. The molecule has 8 nitrogen and oxygen atoms in total. The molecule has 0 fully saturated rings. The molecule has 0 aliphatic carbocycles. The molecule has 1 amide bonds. The van der Waals surface area contributed by atoms with Gasteiger partial charge in [-0.15, -0.1) is 0 Å². The zero-order valence-electron chi connectivity index (χ0n) is 17.4. The molecule has 33 heavy (non-hydrogen) atoms. The van der Waals surface area contributed by atoms with Crippen molar-refractivity contribution in [1.82, 2.24) is 5.43 Å². The summed E-state index contributed by atoms with van der Waals surface area (Å²) in [4.78, 5) is 22.4. The van der Waals surface area contributed by atoms with Crippen molar-refractivity contribution in [3.8, 4) is 28.2 Å². The molecule has 0 saturated carbocycles. The van der Waals surface area contributed by atoms with E-state index in [0.717, 1.165) is 11.1 Å². The minimum Gasteiger partial charge on any atom is -0.484 e. The number of nitro benzene ring substituents is 1. The fourth-order valence-electron chi connectivity index (χ4n) is 3.07. The molecule has 164 valence electrons. The van der Waals surface area contributed by atoms with Gasteiger partial charge < -0.3 is 9.15 Å². The van der Waals surface area contributed by atoms with Gasteiger partial charge in [0.2, 0.25) is 0 Å². The lowest BCUT2D eigenvalue weighted by atomic mass is 10.1. The Kier molecular flexibility index (Phi) is 6.56. The third-order valence-electron chi connectivity index (χ3n) is 4.68. The van der Waals surface area contributed by atoms with E-state index >= 15 is 0 Å². The van der Waals surface area contributed by atoms with E-state index in [1.165, 1.54) is 18.3 Å². The van der Waals surface area contributed by atoms with Crippen LogP contribution in [-0.2, 0) is 4.79 Å². The fourth-order valence-corrected chi connectivity index (χ4v) is 3.07. The van der Waals surface area contributed by atoms with E-state index in [9.17, 15) is 14.9 Å². The van der Waals surface area contributed by atoms with E-state index in [2.05, 4.69) is 10.5 Å². The van der Waals surface area contributed by atoms with Gasteiger partial charge >= 0.3 is 0 Å². The van der Waals surface area contributed by atoms with Crippen LogP contribution in [0, 0.1) is 10.1 Å². The molecule has 0 saturated heterocycles. The smallest absolute Gasteiger partial charge is 0.277 e. The van der Waals surface area contributed by atoms with Crippen LogP contribution >= 0.6 is 0 Å². The summed E-state index contributed by atoms with van der Waals surface area (Å²) in [7, 11) is 0. The number of nitrogens with zero attached hydrogens (tertiary/aromatic N) is 2. The number of amides is 1. The molecule has 0 atom stereocenters. The topological polar surface area (TPSA) is 107 Å². The lowest BCUT2D eigenvalue weighted by Gasteiger charge is -2.06. The van der Waals surface area contributed by atoms with Gasteiger partial charge in [-0.05, 0) is 35.4 Å². The van der Waals surface area contributed by atoms with Gasteiger partial charge in [0, 0.05) is 17.7 Å². The molecule has 4 rings (SSSR count). The van der Waals surface area contributed by atoms with Crippen molar-refractivity contribution in [2.24, 2.45) is 5.10 Å². The van der Waals surface area contributed by atoms with Crippen LogP contribution in [0.3, 0.4) is 0 Å². The van der Waals surface area contributed by atoms with Crippen molar-refractivity contribution < 1.29 is 18.9 Å². The lowest BCUT2D eigenvalue weighted by molar-refractivity contribution is -0.384. The molecule has 1 heterocycles. The number of hydrogen-bond acceptors (Lipinski definition) is 6. The summed E-state index contributed by atoms with van der Waals surface area (Å²) in [6.45, 7) is -0.195. The molecule has 0 spiro atoms. The zero-order valence-corrected chi connectivity index (χ0v) is 17.4. The minimum absolute atomic E-state index is 0.0268. The Hall–Kier alpha value is -4.72. The average Bonchev–Trinajstić information content (AvgIpc) is 3.33.